The average molecular weight is 454 g/mol. The van der Waals surface area contributed by atoms with Crippen molar-refractivity contribution in [1.82, 2.24) is 9.80 Å². The van der Waals surface area contributed by atoms with E-state index < -0.39 is 17.6 Å². The molecule has 4 rings (SSSR count). The van der Waals surface area contributed by atoms with Crippen molar-refractivity contribution < 1.29 is 19.9 Å². The Kier molecular flexibility index (Phi) is 6.95. The number of aliphatic hydroxyl groups is 1. The minimum atomic E-state index is -1.01. The molecule has 1 aliphatic heterocycles. The normalized spacial score (nSPS) is 19.7. The van der Waals surface area contributed by atoms with E-state index in [2.05, 4.69) is 4.90 Å². The summed E-state index contributed by atoms with van der Waals surface area (Å²) in [5.41, 5.74) is 1.26. The van der Waals surface area contributed by atoms with Crippen LogP contribution in [-0.4, -0.2) is 69.4 Å². The van der Waals surface area contributed by atoms with Gasteiger partial charge in [-0.15, -0.1) is 0 Å². The summed E-state index contributed by atoms with van der Waals surface area (Å²) >= 11 is 0. The number of hydrogen-bond donors (Lipinski definition) is 2. The van der Waals surface area contributed by atoms with E-state index >= 15 is 0 Å². The number of nitro benzene ring substituents is 1. The van der Waals surface area contributed by atoms with Crippen LogP contribution < -0.4 is 0 Å². The lowest BCUT2D eigenvalue weighted by Crippen LogP contribution is -2.52. The van der Waals surface area contributed by atoms with Gasteiger partial charge in [0, 0.05) is 50.3 Å². The van der Waals surface area contributed by atoms with Crippen molar-refractivity contribution in [3.05, 3.63) is 64.2 Å². The highest BCUT2D eigenvalue weighted by Gasteiger charge is 2.42. The molecule has 0 spiro atoms. The zero-order valence-corrected chi connectivity index (χ0v) is 18.7. The number of amides is 1. The third-order valence-electron chi connectivity index (χ3n) is 7.16. The third kappa shape index (κ3) is 5.17. The first-order valence-corrected chi connectivity index (χ1v) is 11.6. The third-order valence-corrected chi connectivity index (χ3v) is 7.16. The van der Waals surface area contributed by atoms with Crippen LogP contribution in [0, 0.1) is 10.1 Å². The molecule has 2 aromatic rings. The molecule has 1 aliphatic carbocycles. The number of rotatable bonds is 6. The molecule has 2 aliphatic rings. The van der Waals surface area contributed by atoms with E-state index in [1.165, 1.54) is 4.90 Å². The van der Waals surface area contributed by atoms with E-state index in [4.69, 9.17) is 0 Å². The first-order chi connectivity index (χ1) is 15.9. The Morgan fingerprint density at radius 1 is 1.00 bits per heavy atom. The Bertz CT molecular complexity index is 983. The smallest absolute Gasteiger partial charge is 0.407 e. The van der Waals surface area contributed by atoms with Crippen LogP contribution in [0.25, 0.3) is 11.1 Å². The molecular formula is C25H31N3O5. The molecule has 1 atom stereocenters. The van der Waals surface area contributed by atoms with Gasteiger partial charge in [-0.3, -0.25) is 15.0 Å². The van der Waals surface area contributed by atoms with Crippen LogP contribution in [-0.2, 0) is 0 Å². The van der Waals surface area contributed by atoms with Gasteiger partial charge in [-0.2, -0.15) is 0 Å². The van der Waals surface area contributed by atoms with Crippen molar-refractivity contribution in [3.8, 4) is 11.1 Å². The van der Waals surface area contributed by atoms with Crippen LogP contribution in [0.15, 0.2) is 48.5 Å². The second-order valence-electron chi connectivity index (χ2n) is 9.18. The number of carbonyl (C=O) groups is 1. The van der Waals surface area contributed by atoms with Crippen LogP contribution >= 0.6 is 0 Å². The number of hydrogen-bond acceptors (Lipinski definition) is 5. The average Bonchev–Trinajstić information content (AvgIpc) is 2.83. The van der Waals surface area contributed by atoms with Gasteiger partial charge in [0.15, 0.2) is 0 Å². The summed E-state index contributed by atoms with van der Waals surface area (Å²) in [6.45, 7) is 2.37. The van der Waals surface area contributed by atoms with E-state index in [1.54, 1.807) is 6.07 Å². The Morgan fingerprint density at radius 2 is 1.67 bits per heavy atom. The SMILES string of the molecule is O=C(O)N1CCN(CC(c2ccc(-c3ccccc3)cc2[N+](=O)[O-])C2(O)CCCCC2)CC1. The summed E-state index contributed by atoms with van der Waals surface area (Å²) in [7, 11) is 0. The molecule has 33 heavy (non-hydrogen) atoms. The van der Waals surface area contributed by atoms with E-state index in [9.17, 15) is 25.1 Å². The van der Waals surface area contributed by atoms with E-state index in [0.29, 0.717) is 51.1 Å². The van der Waals surface area contributed by atoms with Crippen molar-refractivity contribution >= 4 is 11.8 Å². The quantitative estimate of drug-likeness (QED) is 0.498. The maximum Gasteiger partial charge on any atom is 0.407 e. The molecule has 2 N–H and O–H groups in total. The summed E-state index contributed by atoms with van der Waals surface area (Å²) in [5.74, 6) is -0.417. The summed E-state index contributed by atoms with van der Waals surface area (Å²) in [6, 6.07) is 14.9. The number of nitro groups is 1. The van der Waals surface area contributed by atoms with Gasteiger partial charge >= 0.3 is 6.09 Å². The lowest BCUT2D eigenvalue weighted by Gasteiger charge is -2.43. The van der Waals surface area contributed by atoms with Crippen LogP contribution in [0.3, 0.4) is 0 Å². The lowest BCUT2D eigenvalue weighted by atomic mass is 9.72. The Labute approximate surface area is 193 Å². The van der Waals surface area contributed by atoms with Crippen LogP contribution in [0.5, 0.6) is 0 Å². The molecule has 1 unspecified atom stereocenters. The molecule has 2 fully saturated rings. The molecule has 1 amide bonds. The molecule has 0 radical (unpaired) electrons. The second kappa shape index (κ2) is 9.89. The zero-order valence-electron chi connectivity index (χ0n) is 18.7. The molecular weight excluding hydrogens is 422 g/mol. The van der Waals surface area contributed by atoms with Gasteiger partial charge in [-0.1, -0.05) is 61.7 Å². The molecule has 176 valence electrons. The summed E-state index contributed by atoms with van der Waals surface area (Å²) in [6.07, 6.45) is 3.16. The monoisotopic (exact) mass is 453 g/mol. The second-order valence-corrected chi connectivity index (χ2v) is 9.18. The number of carboxylic acid groups (broad SMARTS) is 1. The number of piperazine rings is 1. The first kappa shape index (κ1) is 23.2. The molecule has 8 nitrogen and oxygen atoms in total. The topological polar surface area (TPSA) is 107 Å². The number of benzene rings is 2. The summed E-state index contributed by atoms with van der Waals surface area (Å²) in [5, 5.41) is 33.1. The van der Waals surface area contributed by atoms with E-state index in [1.807, 2.05) is 42.5 Å². The van der Waals surface area contributed by atoms with Gasteiger partial charge in [-0.25, -0.2) is 4.79 Å². The fraction of sp³-hybridized carbons (Fsp3) is 0.480. The summed E-state index contributed by atoms with van der Waals surface area (Å²) < 4.78 is 0. The molecule has 0 aromatic heterocycles. The highest BCUT2D eigenvalue weighted by Crippen LogP contribution is 2.44. The molecule has 1 heterocycles. The molecule has 2 aromatic carbocycles. The van der Waals surface area contributed by atoms with Crippen molar-refractivity contribution in [2.75, 3.05) is 32.7 Å². The molecule has 1 saturated carbocycles. The molecule has 1 saturated heterocycles. The van der Waals surface area contributed by atoms with Crippen molar-refractivity contribution in [2.45, 2.75) is 43.6 Å². The van der Waals surface area contributed by atoms with Crippen LogP contribution in [0.4, 0.5) is 10.5 Å². The largest absolute Gasteiger partial charge is 0.465 e. The van der Waals surface area contributed by atoms with Crippen molar-refractivity contribution in [1.29, 1.82) is 0 Å². The minimum absolute atomic E-state index is 0.0320. The van der Waals surface area contributed by atoms with Crippen molar-refractivity contribution in [3.63, 3.8) is 0 Å². The zero-order chi connectivity index (χ0) is 23.4. The van der Waals surface area contributed by atoms with Gasteiger partial charge in [0.05, 0.1) is 10.5 Å². The predicted molar refractivity (Wildman–Crippen MR) is 125 cm³/mol. The molecule has 8 heteroatoms. The Balaban J connectivity index is 1.68. The highest BCUT2D eigenvalue weighted by atomic mass is 16.6. The maximum absolute atomic E-state index is 12.1. The molecule has 0 bridgehead atoms. The van der Waals surface area contributed by atoms with Crippen LogP contribution in [0.1, 0.15) is 43.6 Å². The standard InChI is InChI=1S/C25H31N3O5/c29-24(30)27-15-13-26(14-16-27)18-22(25(31)11-5-2-6-12-25)21-10-9-20(17-23(21)28(32)33)19-7-3-1-4-8-19/h1,3-4,7-10,17,22,31H,2,5-6,11-16,18H2,(H,29,30). The highest BCUT2D eigenvalue weighted by molar-refractivity contribution is 5.68. The van der Waals surface area contributed by atoms with E-state index in [0.717, 1.165) is 30.4 Å². The Hall–Kier alpha value is -2.97. The van der Waals surface area contributed by atoms with Crippen LogP contribution in [0.2, 0.25) is 0 Å². The fourth-order valence-electron chi connectivity index (χ4n) is 5.26. The van der Waals surface area contributed by atoms with Gasteiger partial charge in [0.2, 0.25) is 0 Å². The van der Waals surface area contributed by atoms with Gasteiger partial charge in [-0.05, 0) is 24.0 Å². The first-order valence-electron chi connectivity index (χ1n) is 11.6. The van der Waals surface area contributed by atoms with Gasteiger partial charge in [0.1, 0.15) is 0 Å². The lowest BCUT2D eigenvalue weighted by molar-refractivity contribution is -0.386. The predicted octanol–water partition coefficient (Wildman–Crippen LogP) is 4.34. The fourth-order valence-corrected chi connectivity index (χ4v) is 5.26. The maximum atomic E-state index is 12.1. The Morgan fingerprint density at radius 3 is 2.27 bits per heavy atom. The summed E-state index contributed by atoms with van der Waals surface area (Å²) in [4.78, 5) is 26.6. The van der Waals surface area contributed by atoms with Gasteiger partial charge in [0.25, 0.3) is 5.69 Å². The number of nitrogens with zero attached hydrogens (tertiary/aromatic N) is 3. The van der Waals surface area contributed by atoms with E-state index in [-0.39, 0.29) is 10.6 Å². The van der Waals surface area contributed by atoms with Crippen molar-refractivity contribution in [2.24, 2.45) is 0 Å². The minimum Gasteiger partial charge on any atom is -0.465 e. The van der Waals surface area contributed by atoms with Gasteiger partial charge < -0.3 is 15.1 Å².